The lowest BCUT2D eigenvalue weighted by atomic mass is 9.96. The number of rotatable bonds is 6. The molecule has 2 aromatic rings. The van der Waals surface area contributed by atoms with E-state index in [1.54, 1.807) is 13.0 Å². The first kappa shape index (κ1) is 21.4. The summed E-state index contributed by atoms with van der Waals surface area (Å²) in [6.07, 6.45) is 4.24. The van der Waals surface area contributed by atoms with Gasteiger partial charge in [0.2, 0.25) is 21.8 Å². The fourth-order valence-electron chi connectivity index (χ4n) is 4.40. The maximum atomic E-state index is 13.9. The molecule has 0 saturated carbocycles. The Balaban J connectivity index is 1.39. The minimum absolute atomic E-state index is 0.0744. The number of aromatic nitrogens is 2. The highest BCUT2D eigenvalue weighted by Crippen LogP contribution is 2.35. The minimum atomic E-state index is -3.31. The normalized spacial score (nSPS) is 22.4. The monoisotopic (exact) mass is 436 g/mol. The molecule has 2 aliphatic heterocycles. The lowest BCUT2D eigenvalue weighted by Gasteiger charge is -2.32. The van der Waals surface area contributed by atoms with Gasteiger partial charge in [-0.15, -0.1) is 10.2 Å². The lowest BCUT2D eigenvalue weighted by Crippen LogP contribution is -2.39. The van der Waals surface area contributed by atoms with Crippen molar-refractivity contribution in [3.63, 3.8) is 0 Å². The van der Waals surface area contributed by atoms with Crippen molar-refractivity contribution < 1.29 is 17.2 Å². The molecule has 0 aliphatic carbocycles. The molecule has 1 aromatic carbocycles. The number of sulfonamides is 1. The van der Waals surface area contributed by atoms with E-state index in [-0.39, 0.29) is 23.5 Å². The van der Waals surface area contributed by atoms with Crippen LogP contribution in [-0.2, 0) is 16.6 Å². The van der Waals surface area contributed by atoms with Crippen LogP contribution in [-0.4, -0.2) is 53.2 Å². The van der Waals surface area contributed by atoms with Crippen LogP contribution in [0.3, 0.4) is 0 Å². The molecule has 164 valence electrons. The summed E-state index contributed by atoms with van der Waals surface area (Å²) in [6.45, 7) is 4.43. The molecule has 2 fully saturated rings. The molecule has 1 aromatic heterocycles. The van der Waals surface area contributed by atoms with E-state index in [9.17, 15) is 12.8 Å². The van der Waals surface area contributed by atoms with Crippen molar-refractivity contribution >= 4 is 10.0 Å². The molecule has 4 rings (SSSR count). The zero-order chi connectivity index (χ0) is 21.1. The van der Waals surface area contributed by atoms with Crippen LogP contribution in [0.15, 0.2) is 28.7 Å². The van der Waals surface area contributed by atoms with Gasteiger partial charge >= 0.3 is 0 Å². The van der Waals surface area contributed by atoms with Gasteiger partial charge in [0.15, 0.2) is 0 Å². The number of hydrogen-bond donors (Lipinski definition) is 0. The van der Waals surface area contributed by atoms with E-state index in [2.05, 4.69) is 15.1 Å². The van der Waals surface area contributed by atoms with E-state index in [0.717, 1.165) is 38.8 Å². The first-order chi connectivity index (χ1) is 14.5. The molecular formula is C21H29FN4O3S. The highest BCUT2D eigenvalue weighted by atomic mass is 32.2. The zero-order valence-electron chi connectivity index (χ0n) is 17.3. The summed E-state index contributed by atoms with van der Waals surface area (Å²) in [5.74, 6) is 1.07. The Hall–Kier alpha value is -1.84. The first-order valence-electron chi connectivity index (χ1n) is 10.8. The number of likely N-dealkylation sites (tertiary alicyclic amines) is 1. The van der Waals surface area contributed by atoms with Crippen LogP contribution < -0.4 is 0 Å². The molecule has 0 radical (unpaired) electrons. The molecule has 7 nitrogen and oxygen atoms in total. The van der Waals surface area contributed by atoms with E-state index in [0.29, 0.717) is 36.9 Å². The fourth-order valence-corrected chi connectivity index (χ4v) is 5.72. The fraction of sp³-hybridized carbons (Fsp3) is 0.619. The molecule has 0 bridgehead atoms. The SMILES string of the molecule is CCS(=O)(=O)N1CCCC[C@H]1c1nnc(C2CCN(Cc3ccccc3F)CC2)o1. The summed E-state index contributed by atoms with van der Waals surface area (Å²) in [5.41, 5.74) is 0.713. The molecule has 3 heterocycles. The van der Waals surface area contributed by atoms with Gasteiger partial charge in [0.05, 0.1) is 5.75 Å². The van der Waals surface area contributed by atoms with Crippen LogP contribution in [0.4, 0.5) is 4.39 Å². The third kappa shape index (κ3) is 4.58. The van der Waals surface area contributed by atoms with Gasteiger partial charge in [-0.1, -0.05) is 24.6 Å². The van der Waals surface area contributed by atoms with E-state index in [1.807, 2.05) is 12.1 Å². The third-order valence-corrected chi connectivity index (χ3v) is 8.09. The van der Waals surface area contributed by atoms with Gasteiger partial charge < -0.3 is 4.42 Å². The average molecular weight is 437 g/mol. The Kier molecular flexibility index (Phi) is 6.50. The van der Waals surface area contributed by atoms with E-state index in [1.165, 1.54) is 10.4 Å². The maximum Gasteiger partial charge on any atom is 0.234 e. The maximum absolute atomic E-state index is 13.9. The van der Waals surface area contributed by atoms with Gasteiger partial charge in [-0.2, -0.15) is 4.31 Å². The molecule has 0 amide bonds. The van der Waals surface area contributed by atoms with Crippen LogP contribution in [0.1, 0.15) is 68.3 Å². The van der Waals surface area contributed by atoms with Crippen LogP contribution in [0, 0.1) is 5.82 Å². The lowest BCUT2D eigenvalue weighted by molar-refractivity contribution is 0.182. The molecule has 0 unspecified atom stereocenters. The quantitative estimate of drug-likeness (QED) is 0.690. The summed E-state index contributed by atoms with van der Waals surface area (Å²) >= 11 is 0. The Bertz CT molecular complexity index is 957. The second-order valence-electron chi connectivity index (χ2n) is 8.14. The molecule has 2 aliphatic rings. The van der Waals surface area contributed by atoms with Crippen LogP contribution in [0.2, 0.25) is 0 Å². The molecular weight excluding hydrogens is 407 g/mol. The van der Waals surface area contributed by atoms with Crippen LogP contribution in [0.5, 0.6) is 0 Å². The summed E-state index contributed by atoms with van der Waals surface area (Å²) < 4.78 is 46.4. The molecule has 30 heavy (non-hydrogen) atoms. The molecule has 0 N–H and O–H groups in total. The Morgan fingerprint density at radius 2 is 1.80 bits per heavy atom. The van der Waals surface area contributed by atoms with E-state index >= 15 is 0 Å². The van der Waals surface area contributed by atoms with Crippen molar-refractivity contribution in [3.05, 3.63) is 47.4 Å². The molecule has 0 spiro atoms. The van der Waals surface area contributed by atoms with Crippen molar-refractivity contribution in [1.82, 2.24) is 19.4 Å². The van der Waals surface area contributed by atoms with Crippen molar-refractivity contribution in [2.24, 2.45) is 0 Å². The van der Waals surface area contributed by atoms with Gasteiger partial charge in [0, 0.05) is 24.6 Å². The van der Waals surface area contributed by atoms with Gasteiger partial charge in [0.25, 0.3) is 0 Å². The summed E-state index contributed by atoms with van der Waals surface area (Å²) in [5, 5.41) is 8.49. The second kappa shape index (κ2) is 9.11. The van der Waals surface area contributed by atoms with Crippen molar-refractivity contribution in [2.75, 3.05) is 25.4 Å². The molecule has 2 saturated heterocycles. The van der Waals surface area contributed by atoms with Crippen LogP contribution in [0.25, 0.3) is 0 Å². The number of nitrogens with zero attached hydrogens (tertiary/aromatic N) is 4. The topological polar surface area (TPSA) is 79.5 Å². The number of benzene rings is 1. The van der Waals surface area contributed by atoms with E-state index < -0.39 is 10.0 Å². The van der Waals surface area contributed by atoms with E-state index in [4.69, 9.17) is 4.42 Å². The van der Waals surface area contributed by atoms with Crippen LogP contribution >= 0.6 is 0 Å². The van der Waals surface area contributed by atoms with Gasteiger partial charge in [-0.25, -0.2) is 12.8 Å². The highest BCUT2D eigenvalue weighted by molar-refractivity contribution is 7.89. The predicted molar refractivity (Wildman–Crippen MR) is 111 cm³/mol. The number of piperidine rings is 2. The standard InChI is InChI=1S/C21H29FN4O3S/c1-2-30(27,28)26-12-6-5-9-19(26)21-24-23-20(29-21)16-10-13-25(14-11-16)15-17-7-3-4-8-18(17)22/h3-4,7-8,16,19H,2,5-6,9-15H2,1H3/t19-/m0/s1. The summed E-state index contributed by atoms with van der Waals surface area (Å²) in [6, 6.07) is 6.53. The summed E-state index contributed by atoms with van der Waals surface area (Å²) in [7, 11) is -3.31. The molecule has 1 atom stereocenters. The number of halogens is 1. The second-order valence-corrected chi connectivity index (χ2v) is 10.4. The Morgan fingerprint density at radius 3 is 2.53 bits per heavy atom. The first-order valence-corrected chi connectivity index (χ1v) is 12.4. The average Bonchev–Trinajstić information content (AvgIpc) is 3.26. The van der Waals surface area contributed by atoms with Crippen molar-refractivity contribution in [3.8, 4) is 0 Å². The van der Waals surface area contributed by atoms with Gasteiger partial charge in [-0.3, -0.25) is 4.90 Å². The molecule has 9 heteroatoms. The predicted octanol–water partition coefficient (Wildman–Crippen LogP) is 3.47. The Labute approximate surface area is 177 Å². The van der Waals surface area contributed by atoms with Gasteiger partial charge in [-0.05, 0) is 51.8 Å². The highest BCUT2D eigenvalue weighted by Gasteiger charge is 2.36. The van der Waals surface area contributed by atoms with Crippen molar-refractivity contribution in [2.45, 2.75) is 57.5 Å². The number of hydrogen-bond acceptors (Lipinski definition) is 6. The minimum Gasteiger partial charge on any atom is -0.423 e. The third-order valence-electron chi connectivity index (χ3n) is 6.21. The Morgan fingerprint density at radius 1 is 1.07 bits per heavy atom. The van der Waals surface area contributed by atoms with Crippen molar-refractivity contribution in [1.29, 1.82) is 0 Å². The summed E-state index contributed by atoms with van der Waals surface area (Å²) in [4.78, 5) is 2.24. The largest absolute Gasteiger partial charge is 0.423 e. The zero-order valence-corrected chi connectivity index (χ0v) is 18.2. The smallest absolute Gasteiger partial charge is 0.234 e. The van der Waals surface area contributed by atoms with Gasteiger partial charge in [0.1, 0.15) is 11.9 Å².